The first-order valence-electron chi connectivity index (χ1n) is 9.36. The second-order valence-corrected chi connectivity index (χ2v) is 7.02. The number of nitrogens with one attached hydrogen (secondary N) is 1. The minimum atomic E-state index is 0.0831. The van der Waals surface area contributed by atoms with E-state index in [0.29, 0.717) is 11.2 Å². The largest absolute Gasteiger partial charge is 0.340 e. The second kappa shape index (κ2) is 6.90. The van der Waals surface area contributed by atoms with Crippen molar-refractivity contribution in [1.29, 1.82) is 0 Å². The Kier molecular flexibility index (Phi) is 4.45. The summed E-state index contributed by atoms with van der Waals surface area (Å²) in [6, 6.07) is 10.5. The molecule has 5 nitrogen and oxygen atoms in total. The van der Waals surface area contributed by atoms with Crippen LogP contribution in [0.25, 0.3) is 11.2 Å². The molecule has 1 unspecified atom stereocenters. The lowest BCUT2D eigenvalue weighted by molar-refractivity contribution is 0.0738. The Bertz CT molecular complexity index is 946. The summed E-state index contributed by atoms with van der Waals surface area (Å²) in [5.74, 6) is 0.949. The molecule has 1 aliphatic rings. The van der Waals surface area contributed by atoms with Gasteiger partial charge in [0.15, 0.2) is 5.65 Å². The van der Waals surface area contributed by atoms with Crippen molar-refractivity contribution in [3.05, 3.63) is 59.0 Å². The van der Waals surface area contributed by atoms with Gasteiger partial charge in [-0.1, -0.05) is 31.2 Å². The molecule has 1 aliphatic heterocycles. The molecule has 2 aromatic heterocycles. The number of benzene rings is 1. The van der Waals surface area contributed by atoms with Crippen LogP contribution < -0.4 is 0 Å². The highest BCUT2D eigenvalue weighted by Crippen LogP contribution is 2.26. The van der Waals surface area contributed by atoms with Crippen LogP contribution in [0, 0.1) is 6.92 Å². The van der Waals surface area contributed by atoms with E-state index in [-0.39, 0.29) is 11.9 Å². The van der Waals surface area contributed by atoms with E-state index in [2.05, 4.69) is 46.1 Å². The van der Waals surface area contributed by atoms with E-state index in [1.165, 1.54) is 11.1 Å². The highest BCUT2D eigenvalue weighted by atomic mass is 16.2. The number of aryl methyl sites for hydroxylation is 2. The number of aromatic amines is 1. The van der Waals surface area contributed by atoms with E-state index in [1.54, 1.807) is 6.20 Å². The zero-order valence-electron chi connectivity index (χ0n) is 15.3. The Hall–Kier alpha value is -2.69. The van der Waals surface area contributed by atoms with Gasteiger partial charge in [-0.3, -0.25) is 4.79 Å². The number of imidazole rings is 1. The maximum Gasteiger partial charge on any atom is 0.256 e. The minimum Gasteiger partial charge on any atom is -0.340 e. The van der Waals surface area contributed by atoms with Crippen LogP contribution in [0.5, 0.6) is 0 Å². The molecule has 1 saturated heterocycles. The lowest BCUT2D eigenvalue weighted by atomic mass is 9.99. The average Bonchev–Trinajstić information content (AvgIpc) is 3.29. The van der Waals surface area contributed by atoms with Crippen LogP contribution in [0.3, 0.4) is 0 Å². The van der Waals surface area contributed by atoms with Gasteiger partial charge >= 0.3 is 0 Å². The minimum absolute atomic E-state index is 0.0831. The fourth-order valence-corrected chi connectivity index (χ4v) is 3.87. The van der Waals surface area contributed by atoms with Crippen LogP contribution in [-0.4, -0.2) is 38.3 Å². The fraction of sp³-hybridized carbons (Fsp3) is 0.381. The van der Waals surface area contributed by atoms with E-state index in [9.17, 15) is 4.79 Å². The maximum absolute atomic E-state index is 13.3. The van der Waals surface area contributed by atoms with Gasteiger partial charge in [0.25, 0.3) is 5.91 Å². The van der Waals surface area contributed by atoms with Crippen molar-refractivity contribution in [3.63, 3.8) is 0 Å². The van der Waals surface area contributed by atoms with Gasteiger partial charge in [0.05, 0.1) is 11.1 Å². The molecule has 0 spiro atoms. The molecule has 0 bridgehead atoms. The molecule has 0 radical (unpaired) electrons. The lowest BCUT2D eigenvalue weighted by Gasteiger charge is -2.25. The molecule has 1 atom stereocenters. The summed E-state index contributed by atoms with van der Waals surface area (Å²) in [4.78, 5) is 27.4. The highest BCUT2D eigenvalue weighted by Gasteiger charge is 2.31. The van der Waals surface area contributed by atoms with Crippen LogP contribution in [0.15, 0.2) is 36.5 Å². The number of hydrogen-bond acceptors (Lipinski definition) is 3. The number of pyridine rings is 1. The summed E-state index contributed by atoms with van der Waals surface area (Å²) >= 11 is 0. The van der Waals surface area contributed by atoms with Crippen molar-refractivity contribution in [2.24, 2.45) is 0 Å². The number of amides is 1. The van der Waals surface area contributed by atoms with Gasteiger partial charge in [-0.05, 0) is 43.4 Å². The molecule has 1 N–H and O–H groups in total. The molecule has 26 heavy (non-hydrogen) atoms. The number of carbonyl (C=O) groups excluding carboxylic acids is 1. The van der Waals surface area contributed by atoms with Crippen molar-refractivity contribution in [2.45, 2.75) is 45.6 Å². The molecule has 1 fully saturated rings. The Morgan fingerprint density at radius 2 is 2.15 bits per heavy atom. The van der Waals surface area contributed by atoms with Crippen molar-refractivity contribution < 1.29 is 4.79 Å². The monoisotopic (exact) mass is 348 g/mol. The molecule has 0 aliphatic carbocycles. The number of H-pyrrole nitrogens is 1. The van der Waals surface area contributed by atoms with E-state index >= 15 is 0 Å². The Balaban J connectivity index is 1.63. The molecular weight excluding hydrogens is 324 g/mol. The third-order valence-electron chi connectivity index (χ3n) is 5.36. The molecule has 1 amide bonds. The molecule has 3 aromatic rings. The van der Waals surface area contributed by atoms with Gasteiger partial charge < -0.3 is 9.88 Å². The highest BCUT2D eigenvalue weighted by molar-refractivity contribution is 6.04. The van der Waals surface area contributed by atoms with Gasteiger partial charge in [0.2, 0.25) is 0 Å². The third-order valence-corrected chi connectivity index (χ3v) is 5.36. The van der Waals surface area contributed by atoms with Crippen LogP contribution in [0.2, 0.25) is 0 Å². The van der Waals surface area contributed by atoms with Crippen LogP contribution >= 0.6 is 0 Å². The van der Waals surface area contributed by atoms with Gasteiger partial charge in [0, 0.05) is 25.2 Å². The van der Waals surface area contributed by atoms with E-state index in [4.69, 9.17) is 0 Å². The fourth-order valence-electron chi connectivity index (χ4n) is 3.87. The van der Waals surface area contributed by atoms with Crippen molar-refractivity contribution >= 4 is 17.1 Å². The smallest absolute Gasteiger partial charge is 0.256 e. The summed E-state index contributed by atoms with van der Waals surface area (Å²) in [6.45, 7) is 4.99. The van der Waals surface area contributed by atoms with E-state index in [1.807, 2.05) is 17.9 Å². The predicted molar refractivity (Wildman–Crippen MR) is 102 cm³/mol. The van der Waals surface area contributed by atoms with E-state index < -0.39 is 0 Å². The molecule has 0 saturated carbocycles. The molecule has 3 heterocycles. The maximum atomic E-state index is 13.3. The average molecular weight is 348 g/mol. The molecular formula is C21H24N4O. The molecule has 1 aromatic carbocycles. The topological polar surface area (TPSA) is 61.9 Å². The van der Waals surface area contributed by atoms with Crippen molar-refractivity contribution in [3.8, 4) is 0 Å². The number of nitrogens with zero attached hydrogens (tertiary/aromatic N) is 3. The Labute approximate surface area is 153 Å². The summed E-state index contributed by atoms with van der Waals surface area (Å²) in [6.07, 6.45) is 5.50. The van der Waals surface area contributed by atoms with Gasteiger partial charge in [-0.25, -0.2) is 9.97 Å². The summed E-state index contributed by atoms with van der Waals surface area (Å²) < 4.78 is 0. The molecule has 5 heteroatoms. The normalized spacial score (nSPS) is 17.2. The zero-order valence-corrected chi connectivity index (χ0v) is 15.3. The quantitative estimate of drug-likeness (QED) is 0.782. The van der Waals surface area contributed by atoms with Gasteiger partial charge in [0.1, 0.15) is 5.82 Å². The number of likely N-dealkylation sites (tertiary alicyclic amines) is 1. The molecule has 4 rings (SSSR count). The first-order valence-corrected chi connectivity index (χ1v) is 9.36. The SMILES string of the molecule is CCc1nc2nccc(C(=O)N3CCCC3Cc3ccccc3C)c2[nH]1. The van der Waals surface area contributed by atoms with E-state index in [0.717, 1.165) is 43.6 Å². The summed E-state index contributed by atoms with van der Waals surface area (Å²) in [5.41, 5.74) is 4.68. The number of fused-ring (bicyclic) bond motifs is 1. The number of rotatable bonds is 4. The number of hydrogen-bond donors (Lipinski definition) is 1. The van der Waals surface area contributed by atoms with Crippen LogP contribution in [-0.2, 0) is 12.8 Å². The van der Waals surface area contributed by atoms with Crippen molar-refractivity contribution in [2.75, 3.05) is 6.54 Å². The number of carbonyl (C=O) groups is 1. The zero-order chi connectivity index (χ0) is 18.1. The molecule has 134 valence electrons. The standard InChI is InChI=1S/C21H24N4O/c1-3-18-23-19-17(10-11-22-20(19)24-18)21(26)25-12-6-9-16(25)13-15-8-5-4-7-14(15)2/h4-5,7-8,10-11,16H,3,6,9,12-13H2,1-2H3,(H,22,23,24). The van der Waals surface area contributed by atoms with Crippen LogP contribution in [0.1, 0.15) is 47.1 Å². The second-order valence-electron chi connectivity index (χ2n) is 7.02. The summed E-state index contributed by atoms with van der Waals surface area (Å²) in [7, 11) is 0. The van der Waals surface area contributed by atoms with Crippen molar-refractivity contribution in [1.82, 2.24) is 19.9 Å². The van der Waals surface area contributed by atoms with Gasteiger partial charge in [-0.15, -0.1) is 0 Å². The summed E-state index contributed by atoms with van der Waals surface area (Å²) in [5, 5.41) is 0. The van der Waals surface area contributed by atoms with Gasteiger partial charge in [-0.2, -0.15) is 0 Å². The first-order chi connectivity index (χ1) is 12.7. The number of aromatic nitrogens is 3. The van der Waals surface area contributed by atoms with Crippen LogP contribution in [0.4, 0.5) is 0 Å². The first kappa shape index (κ1) is 16.8. The third kappa shape index (κ3) is 2.98. The Morgan fingerprint density at radius 1 is 1.31 bits per heavy atom. The lowest BCUT2D eigenvalue weighted by Crippen LogP contribution is -2.37. The predicted octanol–water partition coefficient (Wildman–Crippen LogP) is 3.68. The Morgan fingerprint density at radius 3 is 2.96 bits per heavy atom.